The van der Waals surface area contributed by atoms with Gasteiger partial charge >= 0.3 is 0 Å². The standard InChI is InChI=1S/C11H21NO/c1-4-6-7-12-8-11(13)10(5-2)9(12)3/h9-10H,4-8H2,1-3H3. The lowest BCUT2D eigenvalue weighted by Crippen LogP contribution is -2.30. The first-order valence-corrected chi connectivity index (χ1v) is 5.47. The quantitative estimate of drug-likeness (QED) is 0.665. The van der Waals surface area contributed by atoms with Crippen molar-refractivity contribution in [3.8, 4) is 0 Å². The summed E-state index contributed by atoms with van der Waals surface area (Å²) in [6.45, 7) is 8.29. The molecule has 1 rings (SSSR count). The molecule has 0 aromatic heterocycles. The minimum absolute atomic E-state index is 0.303. The fourth-order valence-corrected chi connectivity index (χ4v) is 2.20. The molecule has 1 saturated heterocycles. The highest BCUT2D eigenvalue weighted by Gasteiger charge is 2.35. The van der Waals surface area contributed by atoms with Crippen LogP contribution in [-0.4, -0.2) is 29.8 Å². The van der Waals surface area contributed by atoms with Gasteiger partial charge in [0.2, 0.25) is 0 Å². The number of rotatable bonds is 4. The number of hydrogen-bond donors (Lipinski definition) is 0. The van der Waals surface area contributed by atoms with Crippen LogP contribution in [0.5, 0.6) is 0 Å². The molecule has 2 unspecified atom stereocenters. The molecular weight excluding hydrogens is 162 g/mol. The van der Waals surface area contributed by atoms with E-state index in [1.54, 1.807) is 0 Å². The predicted molar refractivity (Wildman–Crippen MR) is 54.7 cm³/mol. The van der Waals surface area contributed by atoms with Crippen LogP contribution in [0.4, 0.5) is 0 Å². The van der Waals surface area contributed by atoms with E-state index in [1.807, 2.05) is 0 Å². The zero-order valence-corrected chi connectivity index (χ0v) is 9.05. The third-order valence-electron chi connectivity index (χ3n) is 3.17. The second-order valence-corrected chi connectivity index (χ2v) is 4.05. The Hall–Kier alpha value is -0.370. The number of unbranched alkanes of at least 4 members (excludes halogenated alkanes) is 1. The summed E-state index contributed by atoms with van der Waals surface area (Å²) in [5, 5.41) is 0. The molecule has 1 aliphatic rings. The van der Waals surface area contributed by atoms with Crippen molar-refractivity contribution < 1.29 is 4.79 Å². The van der Waals surface area contributed by atoms with Gasteiger partial charge in [0.1, 0.15) is 0 Å². The van der Waals surface area contributed by atoms with Crippen molar-refractivity contribution in [3.05, 3.63) is 0 Å². The monoisotopic (exact) mass is 183 g/mol. The smallest absolute Gasteiger partial charge is 0.151 e. The SMILES string of the molecule is CCCCN1CC(=O)C(CC)C1C. The first-order valence-electron chi connectivity index (χ1n) is 5.47. The average Bonchev–Trinajstić information content (AvgIpc) is 2.38. The maximum absolute atomic E-state index is 11.5. The normalized spacial score (nSPS) is 29.9. The van der Waals surface area contributed by atoms with Crippen LogP contribution in [0.3, 0.4) is 0 Å². The Bertz CT molecular complexity index is 179. The van der Waals surface area contributed by atoms with Gasteiger partial charge in [-0.25, -0.2) is 0 Å². The van der Waals surface area contributed by atoms with E-state index >= 15 is 0 Å². The van der Waals surface area contributed by atoms with Crippen LogP contribution in [0.25, 0.3) is 0 Å². The molecule has 0 amide bonds. The van der Waals surface area contributed by atoms with Crippen LogP contribution < -0.4 is 0 Å². The molecule has 0 spiro atoms. The molecule has 0 bridgehead atoms. The fraction of sp³-hybridized carbons (Fsp3) is 0.909. The summed E-state index contributed by atoms with van der Waals surface area (Å²) in [5.41, 5.74) is 0. The summed E-state index contributed by atoms with van der Waals surface area (Å²) in [7, 11) is 0. The van der Waals surface area contributed by atoms with Crippen LogP contribution in [0.2, 0.25) is 0 Å². The fourth-order valence-electron chi connectivity index (χ4n) is 2.20. The lowest BCUT2D eigenvalue weighted by Gasteiger charge is -2.22. The molecule has 13 heavy (non-hydrogen) atoms. The summed E-state index contributed by atoms with van der Waals surface area (Å²) in [5.74, 6) is 0.753. The van der Waals surface area contributed by atoms with Crippen molar-refractivity contribution in [1.82, 2.24) is 4.90 Å². The van der Waals surface area contributed by atoms with Crippen molar-refractivity contribution in [2.45, 2.75) is 46.1 Å². The van der Waals surface area contributed by atoms with Crippen LogP contribution in [0, 0.1) is 5.92 Å². The van der Waals surface area contributed by atoms with E-state index in [0.29, 0.717) is 24.3 Å². The first kappa shape index (κ1) is 10.7. The third-order valence-corrected chi connectivity index (χ3v) is 3.17. The van der Waals surface area contributed by atoms with Gasteiger partial charge in [-0.2, -0.15) is 0 Å². The van der Waals surface area contributed by atoms with Gasteiger partial charge in [-0.3, -0.25) is 9.69 Å². The number of carbonyl (C=O) groups excluding carboxylic acids is 1. The molecule has 2 heteroatoms. The van der Waals surface area contributed by atoms with Crippen molar-refractivity contribution in [2.24, 2.45) is 5.92 Å². The molecule has 1 heterocycles. The molecule has 0 radical (unpaired) electrons. The Balaban J connectivity index is 2.46. The summed E-state index contributed by atoms with van der Waals surface area (Å²) in [6, 6.07) is 0.476. The summed E-state index contributed by atoms with van der Waals surface area (Å²) in [4.78, 5) is 13.9. The molecular formula is C11H21NO. The number of carbonyl (C=O) groups is 1. The van der Waals surface area contributed by atoms with E-state index in [1.165, 1.54) is 12.8 Å². The number of nitrogens with zero attached hydrogens (tertiary/aromatic N) is 1. The maximum Gasteiger partial charge on any atom is 0.151 e. The average molecular weight is 183 g/mol. The lowest BCUT2D eigenvalue weighted by atomic mass is 9.98. The number of likely N-dealkylation sites (tertiary alicyclic amines) is 1. The van der Waals surface area contributed by atoms with Gasteiger partial charge in [-0.1, -0.05) is 20.3 Å². The Morgan fingerprint density at radius 3 is 2.62 bits per heavy atom. The molecule has 2 nitrogen and oxygen atoms in total. The second kappa shape index (κ2) is 4.75. The van der Waals surface area contributed by atoms with Gasteiger partial charge in [0.25, 0.3) is 0 Å². The van der Waals surface area contributed by atoms with Gasteiger partial charge in [0, 0.05) is 12.0 Å². The zero-order chi connectivity index (χ0) is 9.84. The minimum Gasteiger partial charge on any atom is -0.298 e. The lowest BCUT2D eigenvalue weighted by molar-refractivity contribution is -0.120. The molecule has 0 aliphatic carbocycles. The Kier molecular flexibility index (Phi) is 3.91. The van der Waals surface area contributed by atoms with E-state index in [4.69, 9.17) is 0 Å². The molecule has 0 aromatic carbocycles. The third kappa shape index (κ3) is 2.31. The second-order valence-electron chi connectivity index (χ2n) is 4.05. The molecule has 76 valence electrons. The number of ketones is 1. The van der Waals surface area contributed by atoms with E-state index in [9.17, 15) is 4.79 Å². The van der Waals surface area contributed by atoms with Crippen molar-refractivity contribution in [3.63, 3.8) is 0 Å². The van der Waals surface area contributed by atoms with Crippen LogP contribution >= 0.6 is 0 Å². The number of hydrogen-bond acceptors (Lipinski definition) is 2. The molecule has 0 aromatic rings. The number of Topliss-reactive ketones (excluding diaryl/α,β-unsaturated/α-hetero) is 1. The van der Waals surface area contributed by atoms with Crippen LogP contribution in [0.15, 0.2) is 0 Å². The minimum atomic E-state index is 0.303. The van der Waals surface area contributed by atoms with E-state index in [0.717, 1.165) is 13.0 Å². The highest BCUT2D eigenvalue weighted by molar-refractivity contribution is 5.85. The van der Waals surface area contributed by atoms with Gasteiger partial charge in [0.15, 0.2) is 5.78 Å². The largest absolute Gasteiger partial charge is 0.298 e. The maximum atomic E-state index is 11.5. The predicted octanol–water partition coefficient (Wildman–Crippen LogP) is 2.09. The van der Waals surface area contributed by atoms with Crippen LogP contribution in [-0.2, 0) is 4.79 Å². The molecule has 2 atom stereocenters. The molecule has 1 aliphatic heterocycles. The van der Waals surface area contributed by atoms with Crippen molar-refractivity contribution in [1.29, 1.82) is 0 Å². The van der Waals surface area contributed by atoms with E-state index < -0.39 is 0 Å². The van der Waals surface area contributed by atoms with Crippen molar-refractivity contribution >= 4 is 5.78 Å². The highest BCUT2D eigenvalue weighted by Crippen LogP contribution is 2.23. The van der Waals surface area contributed by atoms with E-state index in [2.05, 4.69) is 25.7 Å². The van der Waals surface area contributed by atoms with Crippen LogP contribution in [0.1, 0.15) is 40.0 Å². The Morgan fingerprint density at radius 1 is 1.46 bits per heavy atom. The molecule has 1 fully saturated rings. The van der Waals surface area contributed by atoms with Gasteiger partial charge < -0.3 is 0 Å². The molecule has 0 N–H and O–H groups in total. The summed E-state index contributed by atoms with van der Waals surface area (Å²) >= 11 is 0. The van der Waals surface area contributed by atoms with Gasteiger partial charge in [-0.05, 0) is 26.3 Å². The highest BCUT2D eigenvalue weighted by atomic mass is 16.1. The van der Waals surface area contributed by atoms with Gasteiger partial charge in [0.05, 0.1) is 6.54 Å². The van der Waals surface area contributed by atoms with E-state index in [-0.39, 0.29) is 0 Å². The Labute approximate surface area is 81.3 Å². The van der Waals surface area contributed by atoms with Gasteiger partial charge in [-0.15, -0.1) is 0 Å². The first-order chi connectivity index (χ1) is 6.20. The van der Waals surface area contributed by atoms with Crippen molar-refractivity contribution in [2.75, 3.05) is 13.1 Å². The summed E-state index contributed by atoms with van der Waals surface area (Å²) < 4.78 is 0. The summed E-state index contributed by atoms with van der Waals surface area (Å²) in [6.07, 6.45) is 3.44. The zero-order valence-electron chi connectivity index (χ0n) is 9.05. The Morgan fingerprint density at radius 2 is 2.15 bits per heavy atom. The molecule has 0 saturated carbocycles. The topological polar surface area (TPSA) is 20.3 Å².